The summed E-state index contributed by atoms with van der Waals surface area (Å²) in [5.74, 6) is 0. The molecule has 12 heavy (non-hydrogen) atoms. The third-order valence-electron chi connectivity index (χ3n) is 1.89. The number of hydrogen-bond acceptors (Lipinski definition) is 0. The molecule has 0 aliphatic rings. The maximum absolute atomic E-state index is 3.97. The highest BCUT2D eigenvalue weighted by Crippen LogP contribution is 2.27. The van der Waals surface area contributed by atoms with Crippen LogP contribution in [-0.2, 0) is 0 Å². The number of allylic oxidation sites excluding steroid dienone is 3. The Bertz CT molecular complexity index is 190. The Hall–Kier alpha value is 0.940. The number of hydrogen-bond donors (Lipinski definition) is 0. The summed E-state index contributed by atoms with van der Waals surface area (Å²) in [6.45, 7) is 10.6. The van der Waals surface area contributed by atoms with E-state index in [0.29, 0.717) is 3.92 Å². The van der Waals surface area contributed by atoms with Crippen LogP contribution in [0.1, 0.15) is 33.6 Å². The topological polar surface area (TPSA) is 0 Å². The van der Waals surface area contributed by atoms with Gasteiger partial charge in [0.25, 0.3) is 0 Å². The van der Waals surface area contributed by atoms with Crippen LogP contribution in [0, 0.1) is 0 Å². The van der Waals surface area contributed by atoms with Crippen molar-refractivity contribution in [2.75, 3.05) is 0 Å². The van der Waals surface area contributed by atoms with Gasteiger partial charge < -0.3 is 0 Å². The van der Waals surface area contributed by atoms with Gasteiger partial charge >= 0.3 is 0 Å². The molecule has 0 saturated carbocycles. The lowest BCUT2D eigenvalue weighted by atomic mass is 10.0. The Morgan fingerprint density at radius 3 is 2.25 bits per heavy atom. The molecular formula is C10H16I2. The lowest BCUT2D eigenvalue weighted by Gasteiger charge is -2.13. The van der Waals surface area contributed by atoms with Gasteiger partial charge in [-0.15, -0.1) is 0 Å². The largest absolute Gasteiger partial charge is 0.0853 e. The minimum absolute atomic E-state index is 0.633. The first kappa shape index (κ1) is 12.9. The van der Waals surface area contributed by atoms with Gasteiger partial charge in [0.2, 0.25) is 0 Å². The molecule has 0 rings (SSSR count). The molecule has 0 spiro atoms. The normalized spacial score (nSPS) is 15.4. The zero-order valence-corrected chi connectivity index (χ0v) is 12.3. The Morgan fingerprint density at radius 1 is 1.50 bits per heavy atom. The fourth-order valence-electron chi connectivity index (χ4n) is 1.13. The molecule has 1 atom stereocenters. The molecule has 0 aromatic carbocycles. The molecule has 0 aliphatic heterocycles. The van der Waals surface area contributed by atoms with Crippen molar-refractivity contribution in [3.05, 3.63) is 21.3 Å². The molecule has 2 heteroatoms. The van der Waals surface area contributed by atoms with E-state index >= 15 is 0 Å². The van der Waals surface area contributed by atoms with Crippen molar-refractivity contribution in [2.45, 2.75) is 37.5 Å². The van der Waals surface area contributed by atoms with Gasteiger partial charge in [-0.3, -0.25) is 0 Å². The number of alkyl halides is 1. The van der Waals surface area contributed by atoms with Crippen molar-refractivity contribution in [3.8, 4) is 0 Å². The fraction of sp³-hybridized carbons (Fsp3) is 0.600. The first-order valence-electron chi connectivity index (χ1n) is 4.19. The Morgan fingerprint density at radius 2 is 2.00 bits per heavy atom. The van der Waals surface area contributed by atoms with Gasteiger partial charge in [-0.1, -0.05) is 48.1 Å². The van der Waals surface area contributed by atoms with E-state index in [9.17, 15) is 0 Å². The molecular weight excluding hydrogens is 374 g/mol. The molecule has 1 unspecified atom stereocenters. The second kappa shape index (κ2) is 6.40. The maximum atomic E-state index is 3.97. The smallest absolute Gasteiger partial charge is 0.0296 e. The summed E-state index contributed by atoms with van der Waals surface area (Å²) in [4.78, 5) is 0. The lowest BCUT2D eigenvalue weighted by molar-refractivity contribution is 0.864. The highest BCUT2D eigenvalue weighted by molar-refractivity contribution is 14.1. The highest BCUT2D eigenvalue weighted by atomic mass is 127. The molecule has 0 bridgehead atoms. The van der Waals surface area contributed by atoms with E-state index < -0.39 is 0 Å². The first-order chi connectivity index (χ1) is 5.50. The monoisotopic (exact) mass is 390 g/mol. The minimum atomic E-state index is 0.633. The SMILES string of the molecule is C=C(I)/C(C)=C(/CCC)C(C)I. The van der Waals surface area contributed by atoms with E-state index in [1.165, 1.54) is 22.0 Å². The molecule has 0 saturated heterocycles. The average molecular weight is 390 g/mol. The molecule has 0 aliphatic carbocycles. The second-order valence-corrected chi connectivity index (χ2v) is 6.09. The third kappa shape index (κ3) is 4.25. The predicted molar refractivity (Wildman–Crippen MR) is 74.3 cm³/mol. The summed E-state index contributed by atoms with van der Waals surface area (Å²) in [6.07, 6.45) is 2.43. The van der Waals surface area contributed by atoms with Gasteiger partial charge in [0.15, 0.2) is 0 Å². The van der Waals surface area contributed by atoms with Gasteiger partial charge in [-0.05, 0) is 48.4 Å². The van der Waals surface area contributed by atoms with Crippen LogP contribution in [0.3, 0.4) is 0 Å². The summed E-state index contributed by atoms with van der Waals surface area (Å²) in [7, 11) is 0. The molecule has 0 N–H and O–H groups in total. The lowest BCUT2D eigenvalue weighted by Crippen LogP contribution is -1.99. The molecule has 0 amide bonds. The molecule has 70 valence electrons. The minimum Gasteiger partial charge on any atom is -0.0853 e. The number of halogens is 2. The highest BCUT2D eigenvalue weighted by Gasteiger charge is 2.08. The van der Waals surface area contributed by atoms with Crippen molar-refractivity contribution < 1.29 is 0 Å². The molecule has 0 radical (unpaired) electrons. The van der Waals surface area contributed by atoms with E-state index in [2.05, 4.69) is 72.5 Å². The maximum Gasteiger partial charge on any atom is 0.0296 e. The van der Waals surface area contributed by atoms with E-state index in [-0.39, 0.29) is 0 Å². The first-order valence-corrected chi connectivity index (χ1v) is 6.51. The summed E-state index contributed by atoms with van der Waals surface area (Å²) >= 11 is 4.78. The van der Waals surface area contributed by atoms with Crippen LogP contribution in [0.2, 0.25) is 0 Å². The molecule has 0 nitrogen and oxygen atoms in total. The predicted octanol–water partition coefficient (Wildman–Crippen LogP) is 4.88. The fourth-order valence-corrected chi connectivity index (χ4v) is 2.25. The van der Waals surface area contributed by atoms with E-state index in [1.807, 2.05) is 0 Å². The van der Waals surface area contributed by atoms with E-state index in [4.69, 9.17) is 0 Å². The average Bonchev–Trinajstić information content (AvgIpc) is 1.98. The van der Waals surface area contributed by atoms with Crippen molar-refractivity contribution >= 4 is 45.2 Å². The zero-order chi connectivity index (χ0) is 9.72. The van der Waals surface area contributed by atoms with Gasteiger partial charge in [0, 0.05) is 7.50 Å². The van der Waals surface area contributed by atoms with Gasteiger partial charge in [0.1, 0.15) is 0 Å². The quantitative estimate of drug-likeness (QED) is 0.365. The van der Waals surface area contributed by atoms with Crippen molar-refractivity contribution in [3.63, 3.8) is 0 Å². The third-order valence-corrected chi connectivity index (χ3v) is 3.45. The number of rotatable bonds is 4. The van der Waals surface area contributed by atoms with Crippen molar-refractivity contribution in [1.29, 1.82) is 0 Å². The van der Waals surface area contributed by atoms with Crippen LogP contribution in [-0.4, -0.2) is 3.92 Å². The summed E-state index contributed by atoms with van der Waals surface area (Å²) in [5, 5.41) is 0. The molecule has 0 aromatic rings. The summed E-state index contributed by atoms with van der Waals surface area (Å²) < 4.78 is 1.81. The van der Waals surface area contributed by atoms with Crippen LogP contribution < -0.4 is 0 Å². The zero-order valence-electron chi connectivity index (χ0n) is 7.95. The Kier molecular flexibility index (Phi) is 6.90. The van der Waals surface area contributed by atoms with Crippen LogP contribution >= 0.6 is 45.2 Å². The second-order valence-electron chi connectivity index (χ2n) is 2.92. The van der Waals surface area contributed by atoms with Crippen LogP contribution in [0.5, 0.6) is 0 Å². The standard InChI is InChI=1S/C10H16I2/c1-5-6-10(9(4)12)7(2)8(3)11/h9H,3,5-6H2,1-2,4H3/b10-7-. The van der Waals surface area contributed by atoms with Gasteiger partial charge in [-0.2, -0.15) is 0 Å². The van der Waals surface area contributed by atoms with Crippen LogP contribution in [0.25, 0.3) is 0 Å². The van der Waals surface area contributed by atoms with Crippen LogP contribution in [0.15, 0.2) is 21.3 Å². The molecule has 0 fully saturated rings. The van der Waals surface area contributed by atoms with Gasteiger partial charge in [0.05, 0.1) is 0 Å². The summed E-state index contributed by atoms with van der Waals surface area (Å²) in [6, 6.07) is 0. The molecule has 0 heterocycles. The Labute approximate surface area is 103 Å². The summed E-state index contributed by atoms with van der Waals surface area (Å²) in [5.41, 5.74) is 2.94. The molecule has 0 aromatic heterocycles. The van der Waals surface area contributed by atoms with Gasteiger partial charge in [-0.25, -0.2) is 0 Å². The van der Waals surface area contributed by atoms with Crippen molar-refractivity contribution in [1.82, 2.24) is 0 Å². The van der Waals surface area contributed by atoms with E-state index in [1.54, 1.807) is 5.57 Å². The Balaban J connectivity index is 4.67. The van der Waals surface area contributed by atoms with Crippen LogP contribution in [0.4, 0.5) is 0 Å². The van der Waals surface area contributed by atoms with Crippen molar-refractivity contribution in [2.24, 2.45) is 0 Å². The van der Waals surface area contributed by atoms with E-state index in [0.717, 1.165) is 0 Å².